The second-order valence-corrected chi connectivity index (χ2v) is 10.7. The minimum absolute atomic E-state index is 0.0179. The Labute approximate surface area is 206 Å². The fraction of sp³-hybridized carbons (Fsp3) is 0.304. The fourth-order valence-corrected chi connectivity index (χ4v) is 5.49. The fourth-order valence-electron chi connectivity index (χ4n) is 4.66. The van der Waals surface area contributed by atoms with Crippen LogP contribution < -0.4 is 10.4 Å². The Bertz CT molecular complexity index is 1700. The number of nitrogens with zero attached hydrogens (tertiary/aromatic N) is 3. The lowest BCUT2D eigenvalue weighted by molar-refractivity contribution is -0.137. The normalized spacial score (nSPS) is 16.0. The number of aromatic nitrogens is 3. The van der Waals surface area contributed by atoms with E-state index in [4.69, 9.17) is 4.52 Å². The van der Waals surface area contributed by atoms with Crippen molar-refractivity contribution in [3.63, 3.8) is 0 Å². The minimum Gasteiger partial charge on any atom is -0.354 e. The molecule has 0 bridgehead atoms. The smallest absolute Gasteiger partial charge is 0.354 e. The topological polar surface area (TPSA) is 99.1 Å². The lowest BCUT2D eigenvalue weighted by Gasteiger charge is -2.13. The van der Waals surface area contributed by atoms with Crippen molar-refractivity contribution in [2.75, 3.05) is 5.75 Å². The van der Waals surface area contributed by atoms with Crippen LogP contribution in [0.2, 0.25) is 0 Å². The highest BCUT2D eigenvalue weighted by atomic mass is 32.2. The summed E-state index contributed by atoms with van der Waals surface area (Å²) in [6, 6.07) is 3.55. The molecule has 2 aromatic carbocycles. The molecule has 0 fully saturated rings. The molecule has 0 spiro atoms. The SMILES string of the molecule is CCS(=O)(=O)N[C@H]1Cc2c(C)n(-c3noc4cc(C(F)(F)F)cc(-c5c(F)cccc5F)c34)c(=O)n2C1. The molecule has 0 radical (unpaired) electrons. The summed E-state index contributed by atoms with van der Waals surface area (Å²) in [4.78, 5) is 13.4. The molecular weight excluding hydrogens is 523 g/mol. The zero-order chi connectivity index (χ0) is 26.9. The highest BCUT2D eigenvalue weighted by Gasteiger charge is 2.36. The summed E-state index contributed by atoms with van der Waals surface area (Å²) in [5.74, 6) is -2.59. The van der Waals surface area contributed by atoms with Crippen LogP contribution in [0.5, 0.6) is 0 Å². The Kier molecular flexibility index (Phi) is 5.79. The molecule has 2 aromatic heterocycles. The molecule has 5 rings (SSSR count). The van der Waals surface area contributed by atoms with Crippen LogP contribution >= 0.6 is 0 Å². The molecule has 0 saturated carbocycles. The number of fused-ring (bicyclic) bond motifs is 2. The Balaban J connectivity index is 1.72. The average Bonchev–Trinajstić information content (AvgIpc) is 3.47. The summed E-state index contributed by atoms with van der Waals surface area (Å²) in [6.45, 7) is 3.05. The predicted octanol–water partition coefficient (Wildman–Crippen LogP) is 3.92. The first kappa shape index (κ1) is 25.1. The third-order valence-electron chi connectivity index (χ3n) is 6.40. The molecule has 8 nitrogen and oxygen atoms in total. The molecule has 0 saturated heterocycles. The Hall–Kier alpha value is -3.52. The van der Waals surface area contributed by atoms with E-state index < -0.39 is 61.8 Å². The van der Waals surface area contributed by atoms with E-state index in [1.54, 1.807) is 6.92 Å². The molecule has 0 unspecified atom stereocenters. The van der Waals surface area contributed by atoms with Crippen LogP contribution in [0, 0.1) is 18.6 Å². The van der Waals surface area contributed by atoms with Crippen LogP contribution in [-0.2, 0) is 29.2 Å². The van der Waals surface area contributed by atoms with Gasteiger partial charge >= 0.3 is 11.9 Å². The molecule has 1 atom stereocenters. The van der Waals surface area contributed by atoms with Crippen LogP contribution in [0.1, 0.15) is 23.9 Å². The third-order valence-corrected chi connectivity index (χ3v) is 7.85. The van der Waals surface area contributed by atoms with E-state index in [9.17, 15) is 35.2 Å². The summed E-state index contributed by atoms with van der Waals surface area (Å²) in [5, 5.41) is 3.63. The van der Waals surface area contributed by atoms with Crippen LogP contribution in [0.15, 0.2) is 39.6 Å². The van der Waals surface area contributed by atoms with Gasteiger partial charge in [0.25, 0.3) is 0 Å². The zero-order valence-electron chi connectivity index (χ0n) is 19.4. The molecule has 37 heavy (non-hydrogen) atoms. The van der Waals surface area contributed by atoms with E-state index in [-0.39, 0.29) is 29.9 Å². The van der Waals surface area contributed by atoms with E-state index in [0.29, 0.717) is 23.5 Å². The van der Waals surface area contributed by atoms with Crippen molar-refractivity contribution in [3.8, 4) is 16.9 Å². The first-order valence-electron chi connectivity index (χ1n) is 11.1. The first-order chi connectivity index (χ1) is 17.3. The first-order valence-corrected chi connectivity index (χ1v) is 12.7. The summed E-state index contributed by atoms with van der Waals surface area (Å²) in [6.07, 6.45) is -4.68. The van der Waals surface area contributed by atoms with Gasteiger partial charge in [-0.05, 0) is 38.1 Å². The Morgan fingerprint density at radius 1 is 1.19 bits per heavy atom. The Morgan fingerprint density at radius 2 is 1.86 bits per heavy atom. The molecule has 14 heteroatoms. The maximum absolute atomic E-state index is 14.7. The third kappa shape index (κ3) is 4.13. The molecule has 4 aromatic rings. The Morgan fingerprint density at radius 3 is 2.46 bits per heavy atom. The minimum atomic E-state index is -4.86. The lowest BCUT2D eigenvalue weighted by atomic mass is 9.97. The van der Waals surface area contributed by atoms with Gasteiger partial charge in [-0.3, -0.25) is 4.57 Å². The van der Waals surface area contributed by atoms with Gasteiger partial charge < -0.3 is 4.52 Å². The van der Waals surface area contributed by atoms with Crippen LogP contribution in [0.3, 0.4) is 0 Å². The number of hydrogen-bond acceptors (Lipinski definition) is 5. The van der Waals surface area contributed by atoms with Gasteiger partial charge in [0.1, 0.15) is 11.6 Å². The van der Waals surface area contributed by atoms with Crippen LogP contribution in [-0.4, -0.2) is 34.5 Å². The quantitative estimate of drug-likeness (QED) is 0.386. The summed E-state index contributed by atoms with van der Waals surface area (Å²) < 4.78 is 104. The maximum atomic E-state index is 14.7. The monoisotopic (exact) mass is 542 g/mol. The van der Waals surface area contributed by atoms with E-state index in [1.165, 1.54) is 11.5 Å². The van der Waals surface area contributed by atoms with Crippen LogP contribution in [0.4, 0.5) is 22.0 Å². The lowest BCUT2D eigenvalue weighted by Crippen LogP contribution is -2.38. The van der Waals surface area contributed by atoms with Gasteiger partial charge in [0.05, 0.1) is 22.3 Å². The van der Waals surface area contributed by atoms with Crippen molar-refractivity contribution in [3.05, 3.63) is 69.4 Å². The second kappa shape index (κ2) is 8.52. The number of nitrogens with one attached hydrogen (secondary N) is 1. The van der Waals surface area contributed by atoms with E-state index >= 15 is 0 Å². The van der Waals surface area contributed by atoms with E-state index in [2.05, 4.69) is 9.88 Å². The number of halogens is 5. The van der Waals surface area contributed by atoms with Gasteiger partial charge in [0, 0.05) is 36.0 Å². The summed E-state index contributed by atoms with van der Waals surface area (Å²) >= 11 is 0. The predicted molar refractivity (Wildman–Crippen MR) is 123 cm³/mol. The molecular formula is C23H19F5N4O4S. The van der Waals surface area contributed by atoms with Crippen molar-refractivity contribution in [1.29, 1.82) is 0 Å². The summed E-state index contributed by atoms with van der Waals surface area (Å²) in [7, 11) is -3.53. The van der Waals surface area contributed by atoms with Gasteiger partial charge in [-0.25, -0.2) is 31.3 Å². The standard InChI is InChI=1S/C23H19F5N4O4S/c1-3-37(34,35)30-13-9-17-11(2)32(22(33)31(17)10-13)21-20-14(19-15(24)5-4-6-16(19)25)7-12(23(26,27)28)8-18(20)36-29-21/h4-8,13,30H,3,9-10H2,1-2H3/t13-/m0/s1. The number of sulfonamides is 1. The zero-order valence-corrected chi connectivity index (χ0v) is 20.2. The number of rotatable bonds is 5. The molecule has 0 amide bonds. The highest BCUT2D eigenvalue weighted by molar-refractivity contribution is 7.89. The average molecular weight is 542 g/mol. The van der Waals surface area contributed by atoms with E-state index in [1.807, 2.05) is 0 Å². The number of imidazole rings is 1. The van der Waals surface area contributed by atoms with Gasteiger partial charge in [-0.1, -0.05) is 11.2 Å². The van der Waals surface area contributed by atoms with Crippen molar-refractivity contribution in [2.45, 2.75) is 39.0 Å². The highest BCUT2D eigenvalue weighted by Crippen LogP contribution is 2.41. The van der Waals surface area contributed by atoms with Gasteiger partial charge in [-0.15, -0.1) is 0 Å². The van der Waals surface area contributed by atoms with Gasteiger partial charge in [0.15, 0.2) is 11.4 Å². The van der Waals surface area contributed by atoms with Crippen molar-refractivity contribution < 1.29 is 34.9 Å². The van der Waals surface area contributed by atoms with Crippen molar-refractivity contribution in [1.82, 2.24) is 19.0 Å². The van der Waals surface area contributed by atoms with Crippen LogP contribution in [0.25, 0.3) is 27.9 Å². The molecule has 1 aliphatic heterocycles. The van der Waals surface area contributed by atoms with Crippen molar-refractivity contribution >= 4 is 21.0 Å². The molecule has 0 aliphatic carbocycles. The number of alkyl halides is 3. The van der Waals surface area contributed by atoms with E-state index in [0.717, 1.165) is 22.8 Å². The molecule has 3 heterocycles. The summed E-state index contributed by atoms with van der Waals surface area (Å²) in [5.41, 5.74) is -2.68. The number of benzene rings is 2. The maximum Gasteiger partial charge on any atom is 0.416 e. The van der Waals surface area contributed by atoms with Gasteiger partial charge in [-0.2, -0.15) is 13.2 Å². The molecule has 1 aliphatic rings. The molecule has 1 N–H and O–H groups in total. The van der Waals surface area contributed by atoms with Crippen molar-refractivity contribution in [2.24, 2.45) is 0 Å². The largest absolute Gasteiger partial charge is 0.416 e. The number of hydrogen-bond donors (Lipinski definition) is 1. The molecule has 196 valence electrons. The van der Waals surface area contributed by atoms with Gasteiger partial charge in [0.2, 0.25) is 10.0 Å². The second-order valence-electron chi connectivity index (χ2n) is 8.68.